The molecule has 0 spiro atoms. The van der Waals surface area contributed by atoms with E-state index in [0.29, 0.717) is 18.5 Å². The van der Waals surface area contributed by atoms with Crippen LogP contribution in [0.25, 0.3) is 0 Å². The van der Waals surface area contributed by atoms with Crippen LogP contribution in [0.2, 0.25) is 0 Å². The van der Waals surface area contributed by atoms with Crippen molar-refractivity contribution in [2.24, 2.45) is 0 Å². The lowest BCUT2D eigenvalue weighted by atomic mass is 10.1. The second-order valence-corrected chi connectivity index (χ2v) is 5.80. The van der Waals surface area contributed by atoms with Crippen LogP contribution in [-0.2, 0) is 4.79 Å². The van der Waals surface area contributed by atoms with Crippen molar-refractivity contribution in [2.75, 3.05) is 11.4 Å². The number of amides is 1. The average molecular weight is 277 g/mol. The average Bonchev–Trinajstić information content (AvgIpc) is 2.45. The van der Waals surface area contributed by atoms with E-state index in [0.717, 1.165) is 17.0 Å². The molecule has 0 aliphatic carbocycles. The molecule has 0 fully saturated rings. The van der Waals surface area contributed by atoms with Crippen LogP contribution in [0.4, 0.5) is 5.69 Å². The number of rotatable bonds is 4. The second-order valence-electron chi connectivity index (χ2n) is 4.56. The lowest BCUT2D eigenvalue weighted by molar-refractivity contribution is -0.118. The maximum atomic E-state index is 12.3. The molecule has 4 heteroatoms. The minimum atomic E-state index is 0.000164. The van der Waals surface area contributed by atoms with Crippen molar-refractivity contribution in [3.8, 4) is 0 Å². The van der Waals surface area contributed by atoms with Crippen LogP contribution in [0.3, 0.4) is 0 Å². The van der Waals surface area contributed by atoms with Gasteiger partial charge < -0.3 is 4.90 Å². The summed E-state index contributed by atoms with van der Waals surface area (Å²) in [5.41, 5.74) is 1.59. The van der Waals surface area contributed by atoms with Crippen LogP contribution in [-0.4, -0.2) is 23.5 Å². The second kappa shape index (κ2) is 5.78. The predicted molar refractivity (Wildman–Crippen MR) is 79.0 cm³/mol. The SMILES string of the molecule is CCC(=O)c1ccc2c(c1)N(CC)C(=O)C(CC)S2. The number of carbonyl (C=O) groups excluding carboxylic acids is 2. The zero-order valence-electron chi connectivity index (χ0n) is 11.6. The van der Waals surface area contributed by atoms with Crippen LogP contribution < -0.4 is 4.90 Å². The minimum Gasteiger partial charge on any atom is -0.311 e. The number of hydrogen-bond acceptors (Lipinski definition) is 3. The van der Waals surface area contributed by atoms with E-state index in [-0.39, 0.29) is 16.9 Å². The number of thioether (sulfide) groups is 1. The van der Waals surface area contributed by atoms with Crippen LogP contribution in [0.5, 0.6) is 0 Å². The highest BCUT2D eigenvalue weighted by Crippen LogP contribution is 2.40. The summed E-state index contributed by atoms with van der Waals surface area (Å²) in [5.74, 6) is 0.275. The first-order valence-electron chi connectivity index (χ1n) is 6.77. The Balaban J connectivity index is 2.45. The van der Waals surface area contributed by atoms with E-state index in [1.165, 1.54) is 0 Å². The van der Waals surface area contributed by atoms with E-state index in [1.807, 2.05) is 39.0 Å². The zero-order chi connectivity index (χ0) is 14.0. The number of anilines is 1. The number of carbonyl (C=O) groups is 2. The molecule has 0 saturated heterocycles. The van der Waals surface area contributed by atoms with E-state index in [4.69, 9.17) is 0 Å². The van der Waals surface area contributed by atoms with E-state index in [1.54, 1.807) is 16.7 Å². The first-order chi connectivity index (χ1) is 9.12. The number of hydrogen-bond donors (Lipinski definition) is 0. The van der Waals surface area contributed by atoms with Gasteiger partial charge in [-0.05, 0) is 25.5 Å². The highest BCUT2D eigenvalue weighted by molar-refractivity contribution is 8.01. The number of ketones is 1. The van der Waals surface area contributed by atoms with Gasteiger partial charge in [-0.15, -0.1) is 11.8 Å². The first-order valence-corrected chi connectivity index (χ1v) is 7.65. The lowest BCUT2D eigenvalue weighted by Crippen LogP contribution is -2.40. The topological polar surface area (TPSA) is 37.4 Å². The molecular formula is C15H19NO2S. The van der Waals surface area contributed by atoms with Gasteiger partial charge in [0.05, 0.1) is 10.9 Å². The highest BCUT2D eigenvalue weighted by Gasteiger charge is 2.31. The van der Waals surface area contributed by atoms with Crippen LogP contribution in [0.15, 0.2) is 23.1 Å². The molecule has 1 heterocycles. The molecule has 19 heavy (non-hydrogen) atoms. The Labute approximate surface area is 118 Å². The van der Waals surface area contributed by atoms with Crippen LogP contribution in [0, 0.1) is 0 Å². The molecular weight excluding hydrogens is 258 g/mol. The Hall–Kier alpha value is -1.29. The first kappa shape index (κ1) is 14.1. The maximum absolute atomic E-state index is 12.3. The molecule has 1 amide bonds. The van der Waals surface area contributed by atoms with Gasteiger partial charge in [0.2, 0.25) is 5.91 Å². The van der Waals surface area contributed by atoms with Crippen molar-refractivity contribution >= 4 is 29.1 Å². The van der Waals surface area contributed by atoms with Gasteiger partial charge in [-0.2, -0.15) is 0 Å². The summed E-state index contributed by atoms with van der Waals surface area (Å²) >= 11 is 1.61. The highest BCUT2D eigenvalue weighted by atomic mass is 32.2. The van der Waals surface area contributed by atoms with Gasteiger partial charge in [0.25, 0.3) is 0 Å². The minimum absolute atomic E-state index is 0.000164. The Morgan fingerprint density at radius 1 is 1.32 bits per heavy atom. The molecule has 1 atom stereocenters. The lowest BCUT2D eigenvalue weighted by Gasteiger charge is -2.32. The van der Waals surface area contributed by atoms with Crippen LogP contribution in [0.1, 0.15) is 44.0 Å². The van der Waals surface area contributed by atoms with Gasteiger partial charge in [-0.3, -0.25) is 9.59 Å². The van der Waals surface area contributed by atoms with Gasteiger partial charge in [0.15, 0.2) is 5.78 Å². The molecule has 1 aliphatic heterocycles. The van der Waals surface area contributed by atoms with Gasteiger partial charge >= 0.3 is 0 Å². The fourth-order valence-electron chi connectivity index (χ4n) is 2.29. The van der Waals surface area contributed by atoms with Gasteiger partial charge in [0.1, 0.15) is 0 Å². The predicted octanol–water partition coefficient (Wildman–Crippen LogP) is 3.52. The van der Waals surface area contributed by atoms with E-state index >= 15 is 0 Å². The fraction of sp³-hybridized carbons (Fsp3) is 0.467. The normalized spacial score (nSPS) is 18.4. The van der Waals surface area contributed by atoms with Crippen molar-refractivity contribution in [2.45, 2.75) is 43.8 Å². The monoisotopic (exact) mass is 277 g/mol. The van der Waals surface area contributed by atoms with Crippen molar-refractivity contribution in [1.29, 1.82) is 0 Å². The quantitative estimate of drug-likeness (QED) is 0.790. The van der Waals surface area contributed by atoms with Gasteiger partial charge in [0, 0.05) is 23.4 Å². The summed E-state index contributed by atoms with van der Waals surface area (Å²) in [5, 5.41) is 0.000164. The fourth-order valence-corrected chi connectivity index (χ4v) is 3.42. The van der Waals surface area contributed by atoms with Crippen molar-refractivity contribution in [1.82, 2.24) is 0 Å². The number of Topliss-reactive ketones (excluding diaryl/α,β-unsaturated/α-hetero) is 1. The third-order valence-electron chi connectivity index (χ3n) is 3.39. The molecule has 0 N–H and O–H groups in total. The van der Waals surface area contributed by atoms with Gasteiger partial charge in [-0.25, -0.2) is 0 Å². The molecule has 0 saturated carbocycles. The summed E-state index contributed by atoms with van der Waals surface area (Å²) in [4.78, 5) is 27.0. The Bertz CT molecular complexity index is 513. The van der Waals surface area contributed by atoms with Gasteiger partial charge in [-0.1, -0.05) is 19.9 Å². The molecule has 2 rings (SSSR count). The standard InChI is InChI=1S/C15H19NO2S/c1-4-12(17)10-7-8-14-11(9-10)16(6-3)15(18)13(5-2)19-14/h7-9,13H,4-6H2,1-3H3. The van der Waals surface area contributed by atoms with Crippen molar-refractivity contribution in [3.63, 3.8) is 0 Å². The smallest absolute Gasteiger partial charge is 0.240 e. The molecule has 0 bridgehead atoms. The number of fused-ring (bicyclic) bond motifs is 1. The van der Waals surface area contributed by atoms with E-state index in [9.17, 15) is 9.59 Å². The molecule has 0 radical (unpaired) electrons. The molecule has 1 aromatic carbocycles. The number of benzene rings is 1. The molecule has 1 aromatic rings. The largest absolute Gasteiger partial charge is 0.311 e. The maximum Gasteiger partial charge on any atom is 0.240 e. The Morgan fingerprint density at radius 3 is 2.63 bits per heavy atom. The molecule has 0 aromatic heterocycles. The Morgan fingerprint density at radius 2 is 2.05 bits per heavy atom. The third-order valence-corrected chi connectivity index (χ3v) is 4.81. The summed E-state index contributed by atoms with van der Waals surface area (Å²) in [6.07, 6.45) is 1.32. The summed E-state index contributed by atoms with van der Waals surface area (Å²) in [6, 6.07) is 5.70. The zero-order valence-corrected chi connectivity index (χ0v) is 12.4. The summed E-state index contributed by atoms with van der Waals surface area (Å²) in [6.45, 7) is 6.50. The summed E-state index contributed by atoms with van der Waals surface area (Å²) < 4.78 is 0. The summed E-state index contributed by atoms with van der Waals surface area (Å²) in [7, 11) is 0. The van der Waals surface area contributed by atoms with Crippen molar-refractivity contribution in [3.05, 3.63) is 23.8 Å². The molecule has 1 aliphatic rings. The molecule has 102 valence electrons. The molecule has 1 unspecified atom stereocenters. The Kier molecular flexibility index (Phi) is 4.30. The third kappa shape index (κ3) is 2.54. The van der Waals surface area contributed by atoms with Crippen LogP contribution >= 0.6 is 11.8 Å². The molecule has 3 nitrogen and oxygen atoms in total. The van der Waals surface area contributed by atoms with Crippen molar-refractivity contribution < 1.29 is 9.59 Å². The number of nitrogens with zero attached hydrogens (tertiary/aromatic N) is 1. The van der Waals surface area contributed by atoms with E-state index < -0.39 is 0 Å². The van der Waals surface area contributed by atoms with E-state index in [2.05, 4.69) is 0 Å².